The van der Waals surface area contributed by atoms with Crippen molar-refractivity contribution < 1.29 is 8.42 Å². The summed E-state index contributed by atoms with van der Waals surface area (Å²) in [5.41, 5.74) is 1.80. The molecule has 0 N–H and O–H groups in total. The van der Waals surface area contributed by atoms with E-state index in [9.17, 15) is 8.42 Å². The largest absolute Gasteiger partial charge is 0.247 e. The van der Waals surface area contributed by atoms with Gasteiger partial charge in [-0.05, 0) is 19.1 Å². The maximum atomic E-state index is 12.5. The van der Waals surface area contributed by atoms with Crippen LogP contribution in [-0.2, 0) is 16.4 Å². The molecule has 0 aliphatic heterocycles. The zero-order chi connectivity index (χ0) is 15.6. The summed E-state index contributed by atoms with van der Waals surface area (Å²) in [6, 6.07) is 6.63. The average molecular weight is 315 g/mol. The first kappa shape index (κ1) is 14.3. The Balaban J connectivity index is 1.88. The third-order valence-corrected chi connectivity index (χ3v) is 4.71. The van der Waals surface area contributed by atoms with E-state index in [4.69, 9.17) is 0 Å². The molecule has 2 heterocycles. The molecule has 0 aliphatic carbocycles. The molecule has 7 nitrogen and oxygen atoms in total. The molecule has 3 rings (SSSR count). The quantitative estimate of drug-likeness (QED) is 0.720. The minimum absolute atomic E-state index is 0.0757. The Hall–Kier alpha value is -2.61. The smallest absolute Gasteiger partial charge is 0.227 e. The number of hydrogen-bond donors (Lipinski definition) is 0. The van der Waals surface area contributed by atoms with Gasteiger partial charge in [-0.3, -0.25) is 0 Å². The SMILES string of the molecule is Cc1ccc(S(=O)(=O)c2cn(Cc3cncnc3)nn2)cc1. The highest BCUT2D eigenvalue weighted by atomic mass is 32.2. The molecule has 22 heavy (non-hydrogen) atoms. The molecule has 0 bridgehead atoms. The summed E-state index contributed by atoms with van der Waals surface area (Å²) in [6.45, 7) is 2.26. The van der Waals surface area contributed by atoms with Crippen LogP contribution in [0.15, 0.2) is 59.1 Å². The van der Waals surface area contributed by atoms with Crippen LogP contribution in [-0.4, -0.2) is 33.4 Å². The van der Waals surface area contributed by atoms with E-state index in [0.29, 0.717) is 6.54 Å². The van der Waals surface area contributed by atoms with E-state index >= 15 is 0 Å². The summed E-state index contributed by atoms with van der Waals surface area (Å²) in [5, 5.41) is 7.54. The molecule has 2 aromatic heterocycles. The third kappa shape index (κ3) is 2.86. The number of sulfone groups is 1. The predicted molar refractivity (Wildman–Crippen MR) is 77.8 cm³/mol. The lowest BCUT2D eigenvalue weighted by Crippen LogP contribution is -2.03. The minimum Gasteiger partial charge on any atom is -0.247 e. The number of benzene rings is 1. The van der Waals surface area contributed by atoms with Crippen LogP contribution in [0.5, 0.6) is 0 Å². The van der Waals surface area contributed by atoms with Crippen molar-refractivity contribution >= 4 is 9.84 Å². The van der Waals surface area contributed by atoms with Crippen molar-refractivity contribution in [2.75, 3.05) is 0 Å². The van der Waals surface area contributed by atoms with Crippen LogP contribution in [0.4, 0.5) is 0 Å². The van der Waals surface area contributed by atoms with E-state index < -0.39 is 9.84 Å². The van der Waals surface area contributed by atoms with Crippen molar-refractivity contribution in [3.63, 3.8) is 0 Å². The molecule has 0 spiro atoms. The Morgan fingerprint density at radius 3 is 2.45 bits per heavy atom. The van der Waals surface area contributed by atoms with Crippen molar-refractivity contribution in [2.45, 2.75) is 23.4 Å². The van der Waals surface area contributed by atoms with Crippen LogP contribution < -0.4 is 0 Å². The molecule has 0 aliphatic rings. The molecule has 0 saturated carbocycles. The molecule has 0 radical (unpaired) electrons. The maximum absolute atomic E-state index is 12.5. The van der Waals surface area contributed by atoms with Crippen LogP contribution in [0.3, 0.4) is 0 Å². The van der Waals surface area contributed by atoms with Crippen LogP contribution in [0.1, 0.15) is 11.1 Å². The molecular weight excluding hydrogens is 302 g/mol. The van der Waals surface area contributed by atoms with E-state index in [2.05, 4.69) is 20.3 Å². The normalized spacial score (nSPS) is 11.5. The zero-order valence-electron chi connectivity index (χ0n) is 11.8. The average Bonchev–Trinajstić information content (AvgIpc) is 2.98. The standard InChI is InChI=1S/C14H13N5O2S/c1-11-2-4-13(5-3-11)22(20,21)14-9-19(18-17-14)8-12-6-15-10-16-7-12/h2-7,9-10H,8H2,1H3. The molecule has 0 unspecified atom stereocenters. The lowest BCUT2D eigenvalue weighted by molar-refractivity contribution is 0.591. The van der Waals surface area contributed by atoms with E-state index in [1.54, 1.807) is 36.7 Å². The summed E-state index contributed by atoms with van der Waals surface area (Å²) in [7, 11) is -3.65. The topological polar surface area (TPSA) is 90.6 Å². The van der Waals surface area contributed by atoms with Crippen molar-refractivity contribution in [3.05, 3.63) is 60.3 Å². The number of aryl methyl sites for hydroxylation is 1. The highest BCUT2D eigenvalue weighted by Gasteiger charge is 2.21. The summed E-state index contributed by atoms with van der Waals surface area (Å²) in [5.74, 6) is 0. The van der Waals surface area contributed by atoms with Gasteiger partial charge in [0.25, 0.3) is 0 Å². The molecule has 3 aromatic rings. The minimum atomic E-state index is -3.65. The summed E-state index contributed by atoms with van der Waals surface area (Å²) in [6.07, 6.45) is 6.12. The van der Waals surface area contributed by atoms with Gasteiger partial charge >= 0.3 is 0 Å². The second-order valence-electron chi connectivity index (χ2n) is 4.82. The molecule has 0 saturated heterocycles. The van der Waals surface area contributed by atoms with Crippen LogP contribution >= 0.6 is 0 Å². The first-order valence-corrected chi connectivity index (χ1v) is 8.00. The van der Waals surface area contributed by atoms with Gasteiger partial charge in [-0.1, -0.05) is 22.9 Å². The first-order chi connectivity index (χ1) is 10.6. The van der Waals surface area contributed by atoms with E-state index in [-0.39, 0.29) is 9.92 Å². The second-order valence-corrected chi connectivity index (χ2v) is 6.71. The number of hydrogen-bond acceptors (Lipinski definition) is 6. The van der Waals surface area contributed by atoms with Gasteiger partial charge in [-0.15, -0.1) is 5.10 Å². The molecule has 0 amide bonds. The Bertz CT molecular complexity index is 873. The van der Waals surface area contributed by atoms with Gasteiger partial charge in [0.2, 0.25) is 14.9 Å². The predicted octanol–water partition coefficient (Wildman–Crippen LogP) is 1.26. The Kier molecular flexibility index (Phi) is 3.68. The maximum Gasteiger partial charge on any atom is 0.227 e. The Morgan fingerprint density at radius 2 is 1.77 bits per heavy atom. The van der Waals surface area contributed by atoms with E-state index in [1.165, 1.54) is 17.2 Å². The molecule has 8 heteroatoms. The van der Waals surface area contributed by atoms with Gasteiger partial charge < -0.3 is 0 Å². The van der Waals surface area contributed by atoms with Gasteiger partial charge in [0.05, 0.1) is 17.6 Å². The summed E-state index contributed by atoms with van der Waals surface area (Å²) < 4.78 is 26.4. The van der Waals surface area contributed by atoms with Crippen LogP contribution in [0.25, 0.3) is 0 Å². The van der Waals surface area contributed by atoms with E-state index in [0.717, 1.165) is 11.1 Å². The molecule has 0 fully saturated rings. The fourth-order valence-corrected chi connectivity index (χ4v) is 3.06. The van der Waals surface area contributed by atoms with Crippen LogP contribution in [0.2, 0.25) is 0 Å². The van der Waals surface area contributed by atoms with Crippen molar-refractivity contribution in [3.8, 4) is 0 Å². The van der Waals surface area contributed by atoms with Gasteiger partial charge in [0, 0.05) is 18.0 Å². The van der Waals surface area contributed by atoms with Crippen LogP contribution in [0, 0.1) is 6.92 Å². The molecule has 112 valence electrons. The fourth-order valence-electron chi connectivity index (χ4n) is 1.92. The monoisotopic (exact) mass is 315 g/mol. The van der Waals surface area contributed by atoms with Crippen molar-refractivity contribution in [1.82, 2.24) is 25.0 Å². The Morgan fingerprint density at radius 1 is 1.09 bits per heavy atom. The summed E-state index contributed by atoms with van der Waals surface area (Å²) >= 11 is 0. The molecule has 0 atom stereocenters. The van der Waals surface area contributed by atoms with Gasteiger partial charge in [-0.2, -0.15) is 0 Å². The van der Waals surface area contributed by atoms with Gasteiger partial charge in [-0.25, -0.2) is 23.1 Å². The highest BCUT2D eigenvalue weighted by molar-refractivity contribution is 7.91. The lowest BCUT2D eigenvalue weighted by Gasteiger charge is -2.01. The second kappa shape index (κ2) is 5.64. The first-order valence-electron chi connectivity index (χ1n) is 6.51. The van der Waals surface area contributed by atoms with Gasteiger partial charge in [0.15, 0.2) is 0 Å². The van der Waals surface area contributed by atoms with Crippen molar-refractivity contribution in [1.29, 1.82) is 0 Å². The zero-order valence-corrected chi connectivity index (χ0v) is 12.6. The third-order valence-electron chi connectivity index (χ3n) is 3.08. The van der Waals surface area contributed by atoms with Crippen molar-refractivity contribution in [2.24, 2.45) is 0 Å². The van der Waals surface area contributed by atoms with Gasteiger partial charge in [0.1, 0.15) is 6.33 Å². The fraction of sp³-hybridized carbons (Fsp3) is 0.143. The van der Waals surface area contributed by atoms with E-state index in [1.807, 2.05) is 6.92 Å². The number of rotatable bonds is 4. The lowest BCUT2D eigenvalue weighted by atomic mass is 10.2. The number of aromatic nitrogens is 5. The molecule has 1 aromatic carbocycles. The summed E-state index contributed by atoms with van der Waals surface area (Å²) in [4.78, 5) is 8.00. The highest BCUT2D eigenvalue weighted by Crippen LogP contribution is 2.18. The number of nitrogens with zero attached hydrogens (tertiary/aromatic N) is 5. The Labute approximate surface area is 127 Å². The molecular formula is C14H13N5O2S.